The Morgan fingerprint density at radius 1 is 1.11 bits per heavy atom. The molecule has 0 bridgehead atoms. The first-order valence-corrected chi connectivity index (χ1v) is 6.79. The van der Waals surface area contributed by atoms with E-state index in [2.05, 4.69) is 15.5 Å². The van der Waals surface area contributed by atoms with Crippen molar-refractivity contribution in [2.24, 2.45) is 0 Å². The first-order valence-electron chi connectivity index (χ1n) is 6.79. The molecule has 1 aliphatic rings. The van der Waals surface area contributed by atoms with E-state index in [0.29, 0.717) is 17.9 Å². The second-order valence-corrected chi connectivity index (χ2v) is 4.04. The Hall–Kier alpha value is -1.40. The molecule has 0 unspecified atom stereocenters. The largest absolute Gasteiger partial charge is 0.383 e. The fourth-order valence-electron chi connectivity index (χ4n) is 1.96. The van der Waals surface area contributed by atoms with Gasteiger partial charge in [-0.2, -0.15) is 0 Å². The molecule has 1 aromatic carbocycles. The van der Waals surface area contributed by atoms with Crippen LogP contribution in [0.3, 0.4) is 0 Å². The van der Waals surface area contributed by atoms with Crippen LogP contribution >= 0.6 is 0 Å². The Bertz CT molecular complexity index is 446. The molecule has 0 amide bonds. The van der Waals surface area contributed by atoms with Crippen molar-refractivity contribution < 1.29 is 4.74 Å². The minimum atomic E-state index is -0.429. The molecule has 0 aliphatic carbocycles. The molecule has 108 valence electrons. The zero-order chi connectivity index (χ0) is 14.3. The minimum absolute atomic E-state index is 0.400. The number of anilines is 2. The average molecular weight is 269 g/mol. The summed E-state index contributed by atoms with van der Waals surface area (Å²) in [6.07, 6.45) is 0. The molecule has 19 heavy (non-hydrogen) atoms. The molecule has 1 aromatic rings. The first kappa shape index (κ1) is 15.7. The van der Waals surface area contributed by atoms with Crippen LogP contribution in [-0.2, 0) is 4.74 Å². The summed E-state index contributed by atoms with van der Waals surface area (Å²) in [4.78, 5) is 24.7. The van der Waals surface area contributed by atoms with E-state index in [1.54, 1.807) is 7.05 Å². The van der Waals surface area contributed by atoms with Crippen molar-refractivity contribution in [1.82, 2.24) is 4.90 Å². The highest BCUT2D eigenvalue weighted by molar-refractivity contribution is 5.73. The van der Waals surface area contributed by atoms with Crippen molar-refractivity contribution >= 4 is 11.4 Å². The highest BCUT2D eigenvalue weighted by atomic mass is 16.5. The highest BCUT2D eigenvalue weighted by Crippen LogP contribution is 2.12. The molecule has 0 spiro atoms. The van der Waals surface area contributed by atoms with Crippen molar-refractivity contribution in [1.29, 1.82) is 0 Å². The van der Waals surface area contributed by atoms with E-state index < -0.39 is 10.9 Å². The smallest absolute Gasteiger partial charge is 0.253 e. The molecular weight excluding hydrogens is 246 g/mol. The van der Waals surface area contributed by atoms with E-state index in [4.69, 9.17) is 4.74 Å². The number of rotatable bonds is 5. The zero-order valence-electron chi connectivity index (χ0n) is 11.9. The molecular formula is C13H23N3O3. The zero-order valence-corrected chi connectivity index (χ0v) is 11.9. The second-order valence-electron chi connectivity index (χ2n) is 4.04. The maximum absolute atomic E-state index is 11.3. The van der Waals surface area contributed by atoms with Gasteiger partial charge in [-0.15, -0.1) is 0 Å². The number of morpholine rings is 1. The maximum atomic E-state index is 11.3. The van der Waals surface area contributed by atoms with Crippen molar-refractivity contribution in [3.8, 4) is 0 Å². The van der Waals surface area contributed by atoms with Crippen molar-refractivity contribution in [3.05, 3.63) is 20.4 Å². The molecule has 1 aliphatic heterocycles. The molecule has 1 saturated heterocycles. The first-order chi connectivity index (χ1) is 9.24. The van der Waals surface area contributed by atoms with E-state index >= 15 is 0 Å². The number of hydrogen-bond donors (Lipinski definition) is 2. The number of nitrogens with one attached hydrogen (secondary N) is 2. The van der Waals surface area contributed by atoms with Gasteiger partial charge in [-0.25, -0.2) is 0 Å². The van der Waals surface area contributed by atoms with Crippen LogP contribution < -0.4 is 21.5 Å². The molecule has 6 heteroatoms. The lowest BCUT2D eigenvalue weighted by atomic mass is 10.2. The highest BCUT2D eigenvalue weighted by Gasteiger charge is 2.19. The van der Waals surface area contributed by atoms with E-state index in [1.165, 1.54) is 0 Å². The van der Waals surface area contributed by atoms with Gasteiger partial charge in [0.15, 0.2) is 0 Å². The summed E-state index contributed by atoms with van der Waals surface area (Å²) in [7, 11) is 1.64. The van der Waals surface area contributed by atoms with Crippen LogP contribution in [0.5, 0.6) is 0 Å². The quantitative estimate of drug-likeness (QED) is 0.739. The lowest BCUT2D eigenvalue weighted by Crippen LogP contribution is -2.41. The van der Waals surface area contributed by atoms with Crippen LogP contribution in [0.15, 0.2) is 9.59 Å². The molecule has 1 fully saturated rings. The van der Waals surface area contributed by atoms with Crippen molar-refractivity contribution in [3.63, 3.8) is 0 Å². The molecule has 2 N–H and O–H groups in total. The third-order valence-electron chi connectivity index (χ3n) is 2.99. The van der Waals surface area contributed by atoms with Gasteiger partial charge in [0.2, 0.25) is 0 Å². The fraction of sp³-hybridized carbons (Fsp3) is 0.692. The van der Waals surface area contributed by atoms with E-state index in [0.717, 1.165) is 32.8 Å². The average Bonchev–Trinajstić information content (AvgIpc) is 2.49. The van der Waals surface area contributed by atoms with Crippen molar-refractivity contribution in [2.45, 2.75) is 13.8 Å². The lowest BCUT2D eigenvalue weighted by molar-refractivity contribution is 0.0398. The second kappa shape index (κ2) is 7.91. The van der Waals surface area contributed by atoms with E-state index in [1.807, 2.05) is 13.8 Å². The number of ether oxygens (including phenoxy) is 1. The summed E-state index contributed by atoms with van der Waals surface area (Å²) >= 11 is 0. The minimum Gasteiger partial charge on any atom is -0.383 e. The van der Waals surface area contributed by atoms with Gasteiger partial charge in [0.1, 0.15) is 11.4 Å². The van der Waals surface area contributed by atoms with Crippen LogP contribution in [0.2, 0.25) is 0 Å². The van der Waals surface area contributed by atoms with Gasteiger partial charge < -0.3 is 15.4 Å². The summed E-state index contributed by atoms with van der Waals surface area (Å²) in [5, 5.41) is 5.75. The van der Waals surface area contributed by atoms with E-state index in [-0.39, 0.29) is 0 Å². The van der Waals surface area contributed by atoms with Gasteiger partial charge >= 0.3 is 0 Å². The van der Waals surface area contributed by atoms with Gasteiger partial charge in [0.25, 0.3) is 10.9 Å². The third-order valence-corrected chi connectivity index (χ3v) is 2.99. The Labute approximate surface area is 113 Å². The van der Waals surface area contributed by atoms with Crippen LogP contribution in [0.4, 0.5) is 11.4 Å². The van der Waals surface area contributed by atoms with Gasteiger partial charge in [0.05, 0.1) is 13.2 Å². The monoisotopic (exact) mass is 269 g/mol. The molecule has 0 atom stereocenters. The standard InChI is InChI=1S/C11H17N3O3.C2H6/c1-12-8-9(11(16)10(8)15)13-2-3-14-4-6-17-7-5-14;1-2/h12-13H,2-7H2,1H3;1-2H3. The van der Waals surface area contributed by atoms with Crippen LogP contribution in [0.25, 0.3) is 0 Å². The molecule has 6 nitrogen and oxygen atoms in total. The van der Waals surface area contributed by atoms with Gasteiger partial charge in [-0.05, 0) is 0 Å². The topological polar surface area (TPSA) is 70.7 Å². The molecule has 0 radical (unpaired) electrons. The van der Waals surface area contributed by atoms with Crippen LogP contribution in [0, 0.1) is 0 Å². The van der Waals surface area contributed by atoms with Gasteiger partial charge in [-0.1, -0.05) is 13.8 Å². The van der Waals surface area contributed by atoms with Crippen LogP contribution in [-0.4, -0.2) is 51.3 Å². The van der Waals surface area contributed by atoms with Crippen molar-refractivity contribution in [2.75, 3.05) is 57.1 Å². The number of hydrogen-bond acceptors (Lipinski definition) is 6. The normalized spacial score (nSPS) is 15.7. The summed E-state index contributed by atoms with van der Waals surface area (Å²) in [5.74, 6) is 0. The summed E-state index contributed by atoms with van der Waals surface area (Å²) < 4.78 is 5.24. The number of nitrogens with zero attached hydrogens (tertiary/aromatic N) is 1. The Balaban J connectivity index is 0.000000861. The Kier molecular flexibility index (Phi) is 6.52. The molecule has 1 heterocycles. The Morgan fingerprint density at radius 3 is 2.26 bits per heavy atom. The summed E-state index contributed by atoms with van der Waals surface area (Å²) in [6, 6.07) is 0. The molecule has 2 rings (SSSR count). The summed E-state index contributed by atoms with van der Waals surface area (Å²) in [5.41, 5.74) is -0.0274. The predicted molar refractivity (Wildman–Crippen MR) is 78.0 cm³/mol. The SMILES string of the molecule is CC.CNc1c(NCCN2CCOCC2)c(=O)c1=O. The fourth-order valence-corrected chi connectivity index (χ4v) is 1.96. The van der Waals surface area contributed by atoms with E-state index in [9.17, 15) is 9.59 Å². The molecule has 0 aromatic heterocycles. The predicted octanol–water partition coefficient (Wildman–Crippen LogP) is 0.0946. The lowest BCUT2D eigenvalue weighted by Gasteiger charge is -2.26. The maximum Gasteiger partial charge on any atom is 0.253 e. The Morgan fingerprint density at radius 2 is 1.68 bits per heavy atom. The van der Waals surface area contributed by atoms with Gasteiger partial charge in [0, 0.05) is 33.2 Å². The molecule has 0 saturated carbocycles. The summed E-state index contributed by atoms with van der Waals surface area (Å²) in [6.45, 7) is 8.90. The van der Waals surface area contributed by atoms with Gasteiger partial charge in [-0.3, -0.25) is 14.5 Å². The third kappa shape index (κ3) is 3.78. The van der Waals surface area contributed by atoms with Crippen LogP contribution in [0.1, 0.15) is 13.8 Å².